The number of carbonyl (C=O) groups is 1. The summed E-state index contributed by atoms with van der Waals surface area (Å²) in [4.78, 5) is 10.9. The zero-order valence-corrected chi connectivity index (χ0v) is 12.2. The molecule has 0 fully saturated rings. The van der Waals surface area contributed by atoms with Crippen molar-refractivity contribution in [3.05, 3.63) is 53.1 Å². The Labute approximate surface area is 130 Å². The van der Waals surface area contributed by atoms with Gasteiger partial charge >= 0.3 is 6.18 Å². The van der Waals surface area contributed by atoms with Crippen molar-refractivity contribution in [1.29, 1.82) is 0 Å². The van der Waals surface area contributed by atoms with Gasteiger partial charge in [-0.1, -0.05) is 11.6 Å². The molecule has 0 saturated carbocycles. The number of benzene rings is 2. The van der Waals surface area contributed by atoms with Crippen LogP contribution >= 0.6 is 11.6 Å². The Bertz CT molecular complexity index is 684. The molecule has 2 aromatic rings. The molecule has 0 unspecified atom stereocenters. The molecule has 0 aromatic heterocycles. The predicted octanol–water partition coefficient (Wildman–Crippen LogP) is 5.06. The molecule has 0 spiro atoms. The highest BCUT2D eigenvalue weighted by Gasteiger charge is 2.33. The summed E-state index contributed by atoms with van der Waals surface area (Å²) in [5, 5.41) is 5.28. The summed E-state index contributed by atoms with van der Waals surface area (Å²) >= 11 is 5.63. The lowest BCUT2D eigenvalue weighted by molar-refractivity contribution is -0.136. The lowest BCUT2D eigenvalue weighted by Gasteiger charge is -2.15. The Morgan fingerprint density at radius 2 is 1.64 bits per heavy atom. The fourth-order valence-corrected chi connectivity index (χ4v) is 2.03. The molecule has 2 rings (SSSR count). The number of anilines is 3. The molecule has 0 saturated heterocycles. The average molecular weight is 329 g/mol. The van der Waals surface area contributed by atoms with Crippen molar-refractivity contribution in [2.45, 2.75) is 13.1 Å². The van der Waals surface area contributed by atoms with Gasteiger partial charge in [-0.25, -0.2) is 0 Å². The first-order chi connectivity index (χ1) is 10.3. The monoisotopic (exact) mass is 328 g/mol. The molecule has 1 amide bonds. The molecule has 0 aliphatic carbocycles. The molecule has 0 atom stereocenters. The van der Waals surface area contributed by atoms with E-state index < -0.39 is 11.7 Å². The van der Waals surface area contributed by atoms with Crippen molar-refractivity contribution in [3.8, 4) is 0 Å². The summed E-state index contributed by atoms with van der Waals surface area (Å²) in [5.41, 5.74) is 0.0854. The Hall–Kier alpha value is -2.21. The molecule has 0 aliphatic heterocycles. The highest BCUT2D eigenvalue weighted by atomic mass is 35.5. The molecule has 0 bridgehead atoms. The van der Waals surface area contributed by atoms with Crippen LogP contribution in [0.4, 0.5) is 30.2 Å². The maximum atomic E-state index is 13.0. The van der Waals surface area contributed by atoms with Crippen molar-refractivity contribution in [1.82, 2.24) is 0 Å². The van der Waals surface area contributed by atoms with Crippen LogP contribution in [0.25, 0.3) is 0 Å². The van der Waals surface area contributed by atoms with E-state index in [1.54, 1.807) is 24.3 Å². The van der Waals surface area contributed by atoms with Crippen LogP contribution in [-0.2, 0) is 11.0 Å². The summed E-state index contributed by atoms with van der Waals surface area (Å²) in [6.45, 7) is 1.37. The van der Waals surface area contributed by atoms with Gasteiger partial charge < -0.3 is 10.6 Å². The Balaban J connectivity index is 2.25. The van der Waals surface area contributed by atoms with Gasteiger partial charge in [0.15, 0.2) is 0 Å². The van der Waals surface area contributed by atoms with Crippen LogP contribution in [-0.4, -0.2) is 5.91 Å². The van der Waals surface area contributed by atoms with E-state index in [2.05, 4.69) is 10.6 Å². The van der Waals surface area contributed by atoms with Crippen molar-refractivity contribution in [2.75, 3.05) is 10.6 Å². The number of amides is 1. The van der Waals surface area contributed by atoms with Crippen molar-refractivity contribution < 1.29 is 18.0 Å². The first kappa shape index (κ1) is 16.2. The summed E-state index contributed by atoms with van der Waals surface area (Å²) in [7, 11) is 0. The number of hydrogen-bond acceptors (Lipinski definition) is 2. The average Bonchev–Trinajstić information content (AvgIpc) is 2.41. The molecule has 3 nitrogen and oxygen atoms in total. The SMILES string of the molecule is CC(=O)Nc1ccc(Nc2ccc(Cl)cc2C(F)(F)F)cc1. The van der Waals surface area contributed by atoms with Gasteiger partial charge in [-0.15, -0.1) is 0 Å². The van der Waals surface area contributed by atoms with E-state index in [4.69, 9.17) is 11.6 Å². The van der Waals surface area contributed by atoms with Crippen LogP contribution in [0.2, 0.25) is 5.02 Å². The highest BCUT2D eigenvalue weighted by Crippen LogP contribution is 2.37. The van der Waals surface area contributed by atoms with Crippen molar-refractivity contribution in [3.63, 3.8) is 0 Å². The number of carbonyl (C=O) groups excluding carboxylic acids is 1. The maximum Gasteiger partial charge on any atom is 0.418 e. The van der Waals surface area contributed by atoms with E-state index in [0.29, 0.717) is 11.4 Å². The molecule has 0 aliphatic rings. The Morgan fingerprint density at radius 3 is 2.18 bits per heavy atom. The smallest absolute Gasteiger partial charge is 0.355 e. The standard InChI is InChI=1S/C15H12ClF3N2O/c1-9(22)20-11-3-5-12(6-4-11)21-14-7-2-10(16)8-13(14)15(17,18)19/h2-8,21H,1H3,(H,20,22). The van der Waals surface area contributed by atoms with E-state index in [1.807, 2.05) is 0 Å². The third-order valence-electron chi connectivity index (χ3n) is 2.77. The number of nitrogens with one attached hydrogen (secondary N) is 2. The quantitative estimate of drug-likeness (QED) is 0.826. The van der Waals surface area contributed by atoms with Crippen LogP contribution in [0.15, 0.2) is 42.5 Å². The van der Waals surface area contributed by atoms with E-state index in [-0.39, 0.29) is 16.6 Å². The number of alkyl halides is 3. The zero-order valence-electron chi connectivity index (χ0n) is 11.5. The second kappa shape index (κ2) is 6.27. The molecular formula is C15H12ClF3N2O. The van der Waals surface area contributed by atoms with Gasteiger partial charge in [-0.2, -0.15) is 13.2 Å². The largest absolute Gasteiger partial charge is 0.418 e. The predicted molar refractivity (Wildman–Crippen MR) is 80.5 cm³/mol. The van der Waals surface area contributed by atoms with Gasteiger partial charge in [0.1, 0.15) is 0 Å². The highest BCUT2D eigenvalue weighted by molar-refractivity contribution is 6.30. The van der Waals surface area contributed by atoms with Crippen molar-refractivity contribution >= 4 is 34.6 Å². The summed E-state index contributed by atoms with van der Waals surface area (Å²) in [6, 6.07) is 9.84. The van der Waals surface area contributed by atoms with E-state index in [0.717, 1.165) is 6.07 Å². The molecule has 116 valence electrons. The lowest BCUT2D eigenvalue weighted by Crippen LogP contribution is -2.09. The van der Waals surface area contributed by atoms with Crippen LogP contribution in [0, 0.1) is 0 Å². The topological polar surface area (TPSA) is 41.1 Å². The molecule has 7 heteroatoms. The fraction of sp³-hybridized carbons (Fsp3) is 0.133. The normalized spacial score (nSPS) is 11.1. The van der Waals surface area contributed by atoms with Gasteiger partial charge in [0.2, 0.25) is 5.91 Å². The number of halogens is 4. The third-order valence-corrected chi connectivity index (χ3v) is 3.01. The van der Waals surface area contributed by atoms with Crippen LogP contribution in [0.5, 0.6) is 0 Å². The second-order valence-electron chi connectivity index (χ2n) is 4.57. The van der Waals surface area contributed by atoms with Crippen LogP contribution in [0.1, 0.15) is 12.5 Å². The first-order valence-electron chi connectivity index (χ1n) is 6.27. The van der Waals surface area contributed by atoms with E-state index in [9.17, 15) is 18.0 Å². The minimum Gasteiger partial charge on any atom is -0.355 e. The molecule has 0 radical (unpaired) electrons. The number of rotatable bonds is 3. The van der Waals surface area contributed by atoms with Gasteiger partial charge in [0.05, 0.1) is 11.3 Å². The van der Waals surface area contributed by atoms with Gasteiger partial charge in [0, 0.05) is 23.3 Å². The molecular weight excluding hydrogens is 317 g/mol. The molecule has 22 heavy (non-hydrogen) atoms. The van der Waals surface area contributed by atoms with Crippen LogP contribution in [0.3, 0.4) is 0 Å². The second-order valence-corrected chi connectivity index (χ2v) is 5.01. The van der Waals surface area contributed by atoms with Gasteiger partial charge in [0.25, 0.3) is 0 Å². The van der Waals surface area contributed by atoms with E-state index >= 15 is 0 Å². The zero-order chi connectivity index (χ0) is 16.3. The van der Waals surface area contributed by atoms with Crippen molar-refractivity contribution in [2.24, 2.45) is 0 Å². The molecule has 2 aromatic carbocycles. The summed E-state index contributed by atoms with van der Waals surface area (Å²) < 4.78 is 39.0. The first-order valence-corrected chi connectivity index (χ1v) is 6.65. The van der Waals surface area contributed by atoms with Gasteiger partial charge in [-0.3, -0.25) is 4.79 Å². The van der Waals surface area contributed by atoms with Gasteiger partial charge in [-0.05, 0) is 42.5 Å². The lowest BCUT2D eigenvalue weighted by atomic mass is 10.1. The Morgan fingerprint density at radius 1 is 1.05 bits per heavy atom. The minimum absolute atomic E-state index is 0.0129. The van der Waals surface area contributed by atoms with E-state index in [1.165, 1.54) is 19.1 Å². The summed E-state index contributed by atoms with van der Waals surface area (Å²) in [5.74, 6) is -0.224. The maximum absolute atomic E-state index is 13.0. The minimum atomic E-state index is -4.51. The number of hydrogen-bond donors (Lipinski definition) is 2. The Kier molecular flexibility index (Phi) is 4.61. The molecule has 0 heterocycles. The molecule has 2 N–H and O–H groups in total. The summed E-state index contributed by atoms with van der Waals surface area (Å²) in [6.07, 6.45) is -4.51. The van der Waals surface area contributed by atoms with Crippen LogP contribution < -0.4 is 10.6 Å². The third kappa shape index (κ3) is 4.14. The fourth-order valence-electron chi connectivity index (χ4n) is 1.86.